The third kappa shape index (κ3) is 9.81. The third-order valence-electron chi connectivity index (χ3n) is 12.9. The zero-order valence-electron chi connectivity index (χ0n) is 37.1. The van der Waals surface area contributed by atoms with Crippen LogP contribution in [0.4, 0.5) is 9.93 Å². The van der Waals surface area contributed by atoms with Gasteiger partial charge in [-0.05, 0) is 74.8 Å². The molecule has 0 bridgehead atoms. The number of benzene rings is 1. The summed E-state index contributed by atoms with van der Waals surface area (Å²) < 4.78 is 29.6. The minimum absolute atomic E-state index is 0.00165. The Labute approximate surface area is 377 Å². The molecular formula is C45H60ClN7O9S. The van der Waals surface area contributed by atoms with Crippen molar-refractivity contribution in [1.29, 1.82) is 0 Å². The Kier molecular flexibility index (Phi) is 13.0. The molecule has 0 spiro atoms. The zero-order valence-corrected chi connectivity index (χ0v) is 38.7. The summed E-state index contributed by atoms with van der Waals surface area (Å²) in [6, 6.07) is 3.46. The van der Waals surface area contributed by atoms with Crippen LogP contribution in [0.25, 0.3) is 22.3 Å². The van der Waals surface area contributed by atoms with Crippen molar-refractivity contribution in [2.75, 3.05) is 45.3 Å². The van der Waals surface area contributed by atoms with E-state index in [1.807, 2.05) is 53.0 Å². The van der Waals surface area contributed by atoms with Gasteiger partial charge in [0.05, 0.1) is 44.1 Å². The number of hydrogen-bond donors (Lipinski definition) is 4. The summed E-state index contributed by atoms with van der Waals surface area (Å²) in [7, 11) is 1.30. The number of nitrogens with zero attached hydrogens (tertiary/aromatic N) is 3. The van der Waals surface area contributed by atoms with Crippen molar-refractivity contribution in [1.82, 2.24) is 30.8 Å². The second kappa shape index (κ2) is 18.2. The number of thiazole rings is 1. The number of esters is 1. The molecule has 0 radical (unpaired) electrons. The number of amides is 3. The maximum Gasteiger partial charge on any atom is 0.408 e. The topological polar surface area (TPSA) is 192 Å². The molecule has 3 saturated carbocycles. The summed E-state index contributed by atoms with van der Waals surface area (Å²) in [5.41, 5.74) is -0.429. The van der Waals surface area contributed by atoms with Gasteiger partial charge in [0.2, 0.25) is 11.8 Å². The minimum atomic E-state index is -1.19. The quantitative estimate of drug-likeness (QED) is 0.131. The number of aromatic nitrogens is 2. The van der Waals surface area contributed by atoms with Gasteiger partial charge in [-0.15, -0.1) is 11.3 Å². The molecule has 3 aliphatic carbocycles. The summed E-state index contributed by atoms with van der Waals surface area (Å²) in [5.74, 6) is 0.459. The molecule has 18 heteroatoms. The highest BCUT2D eigenvalue weighted by Gasteiger charge is 2.62. The first-order chi connectivity index (χ1) is 30.1. The second-order valence-corrected chi connectivity index (χ2v) is 20.3. The number of carbonyl (C=O) groups is 4. The molecule has 342 valence electrons. The number of methoxy groups -OCH3 is 1. The van der Waals surface area contributed by atoms with Crippen LogP contribution < -0.4 is 30.7 Å². The van der Waals surface area contributed by atoms with E-state index in [1.54, 1.807) is 12.1 Å². The lowest BCUT2D eigenvalue weighted by atomic mass is 9.85. The van der Waals surface area contributed by atoms with E-state index >= 15 is 0 Å². The lowest BCUT2D eigenvalue weighted by Gasteiger charge is -2.35. The molecule has 3 aromatic rings. The van der Waals surface area contributed by atoms with Gasteiger partial charge >= 0.3 is 12.1 Å². The van der Waals surface area contributed by atoms with Gasteiger partial charge in [-0.3, -0.25) is 9.59 Å². The van der Waals surface area contributed by atoms with Gasteiger partial charge in [0.15, 0.2) is 5.13 Å². The summed E-state index contributed by atoms with van der Waals surface area (Å²) in [6.07, 6.45) is 2.45. The van der Waals surface area contributed by atoms with E-state index in [0.717, 1.165) is 24.5 Å². The van der Waals surface area contributed by atoms with Gasteiger partial charge < -0.3 is 49.9 Å². The SMILES string of the molecule is CC[C@@H]1C[C@]1(NC(=O)[C@@H]1C[C@@H](Oc2cc(-c3csc(NC(C)C)n3)nc3c(Cl)c(OC[C@@H]4COCCN4)ccc23)CN1C(=O)[C@@H](NC(=O)O[C@@H]1C[C@@H]2C[C@@H]2C1)C(C)(C)C)C(=O)OC. The average molecular weight is 911 g/mol. The lowest BCUT2D eigenvalue weighted by Crippen LogP contribution is -2.59. The highest BCUT2D eigenvalue weighted by atomic mass is 35.5. The first-order valence-electron chi connectivity index (χ1n) is 22.2. The van der Waals surface area contributed by atoms with E-state index in [2.05, 4.69) is 21.3 Å². The number of likely N-dealkylation sites (tertiary alicyclic amines) is 1. The first kappa shape index (κ1) is 45.1. The Morgan fingerprint density at radius 2 is 1.84 bits per heavy atom. The normalized spacial score (nSPS) is 28.0. The van der Waals surface area contributed by atoms with Crippen LogP contribution in [0.3, 0.4) is 0 Å². The molecule has 2 aliphatic heterocycles. The van der Waals surface area contributed by atoms with Gasteiger partial charge in [0.1, 0.15) is 58.7 Å². The minimum Gasteiger partial charge on any atom is -0.490 e. The molecule has 2 saturated heterocycles. The lowest BCUT2D eigenvalue weighted by molar-refractivity contribution is -0.148. The number of nitrogens with one attached hydrogen (secondary N) is 4. The van der Waals surface area contributed by atoms with Crippen molar-refractivity contribution in [3.8, 4) is 22.9 Å². The Bertz CT molecular complexity index is 2200. The van der Waals surface area contributed by atoms with Crippen LogP contribution in [0, 0.1) is 23.2 Å². The predicted molar refractivity (Wildman–Crippen MR) is 238 cm³/mol. The largest absolute Gasteiger partial charge is 0.490 e. The smallest absolute Gasteiger partial charge is 0.408 e. The molecule has 9 atom stereocenters. The summed E-state index contributed by atoms with van der Waals surface area (Å²) in [5, 5.41) is 16.1. The fraction of sp³-hybridized carbons (Fsp3) is 0.644. The molecule has 0 unspecified atom stereocenters. The van der Waals surface area contributed by atoms with Gasteiger partial charge in [-0.25, -0.2) is 19.6 Å². The summed E-state index contributed by atoms with van der Waals surface area (Å²) in [6.45, 7) is 13.8. The van der Waals surface area contributed by atoms with E-state index < -0.39 is 53.0 Å². The molecule has 3 amide bonds. The highest BCUT2D eigenvalue weighted by molar-refractivity contribution is 7.14. The molecule has 4 heterocycles. The number of carbonyl (C=O) groups excluding carboxylic acids is 4. The monoisotopic (exact) mass is 909 g/mol. The van der Waals surface area contributed by atoms with Crippen molar-refractivity contribution in [2.45, 2.75) is 122 Å². The number of alkyl carbamates (subject to hydrolysis) is 1. The number of ether oxygens (including phenoxy) is 5. The van der Waals surface area contributed by atoms with Crippen LogP contribution in [0.1, 0.15) is 80.1 Å². The molecule has 1 aromatic carbocycles. The third-order valence-corrected chi connectivity index (χ3v) is 14.1. The summed E-state index contributed by atoms with van der Waals surface area (Å²) >= 11 is 8.56. The maximum atomic E-state index is 14.9. The van der Waals surface area contributed by atoms with Crippen molar-refractivity contribution >= 4 is 62.8 Å². The van der Waals surface area contributed by atoms with Crippen molar-refractivity contribution in [3.05, 3.63) is 28.6 Å². The van der Waals surface area contributed by atoms with Crippen molar-refractivity contribution < 1.29 is 42.9 Å². The number of halogens is 1. The fourth-order valence-corrected chi connectivity index (χ4v) is 10.5. The Morgan fingerprint density at radius 3 is 2.51 bits per heavy atom. The van der Waals surface area contributed by atoms with Crippen molar-refractivity contribution in [2.24, 2.45) is 23.2 Å². The molecular weight excluding hydrogens is 850 g/mol. The van der Waals surface area contributed by atoms with Crippen LogP contribution in [0.2, 0.25) is 5.02 Å². The van der Waals surface area contributed by atoms with E-state index in [-0.39, 0.29) is 42.1 Å². The van der Waals surface area contributed by atoms with Crippen LogP contribution in [0.15, 0.2) is 23.6 Å². The Balaban J connectivity index is 1.11. The van der Waals surface area contributed by atoms with Gasteiger partial charge in [0.25, 0.3) is 0 Å². The van der Waals surface area contributed by atoms with E-state index in [1.165, 1.54) is 29.8 Å². The second-order valence-electron chi connectivity index (χ2n) is 19.1. The number of pyridine rings is 1. The van der Waals surface area contributed by atoms with Crippen molar-refractivity contribution in [3.63, 3.8) is 0 Å². The van der Waals surface area contributed by atoms with Crippen LogP contribution in [-0.2, 0) is 28.6 Å². The molecule has 5 aliphatic rings. The zero-order chi connectivity index (χ0) is 44.8. The first-order valence-corrected chi connectivity index (χ1v) is 23.5. The molecule has 16 nitrogen and oxygen atoms in total. The molecule has 4 N–H and O–H groups in total. The molecule has 8 rings (SSSR count). The number of fused-ring (bicyclic) bond motifs is 2. The Hall–Kier alpha value is -4.45. The number of anilines is 1. The molecule has 63 heavy (non-hydrogen) atoms. The van der Waals surface area contributed by atoms with Crippen LogP contribution >= 0.6 is 22.9 Å². The van der Waals surface area contributed by atoms with Gasteiger partial charge in [-0.2, -0.15) is 0 Å². The average Bonchev–Trinajstić information content (AvgIpc) is 3.91. The predicted octanol–water partition coefficient (Wildman–Crippen LogP) is 5.94. The molecule has 2 aromatic heterocycles. The number of morpholine rings is 1. The van der Waals surface area contributed by atoms with Crippen LogP contribution in [-0.4, -0.2) is 121 Å². The fourth-order valence-electron chi connectivity index (χ4n) is 9.36. The number of rotatable bonds is 15. The van der Waals surface area contributed by atoms with E-state index in [4.69, 9.17) is 45.3 Å². The summed E-state index contributed by atoms with van der Waals surface area (Å²) in [4.78, 5) is 67.1. The Morgan fingerprint density at radius 1 is 1.06 bits per heavy atom. The van der Waals surface area contributed by atoms with Gasteiger partial charge in [0, 0.05) is 35.8 Å². The van der Waals surface area contributed by atoms with Gasteiger partial charge in [-0.1, -0.05) is 45.7 Å². The standard InChI is InChI=1S/C45H60ClN7O9S/c1-8-26-18-45(26,41(56)58-7)52-39(54)33-16-29(19-53(33)40(55)38(44(4,5)6)51-43(57)62-28-14-24-13-25(24)15-28)61-35-17-31(32-22-63-42(50-32)48-23(2)3)49-37-30(35)9-10-34(36(37)46)60-21-27-20-59-12-11-47-27/h9-10,17,22-29,33,38,47H,8,11-16,18-21H2,1-7H3,(H,48,50)(H,51,57)(H,52,54)/t24-,25+,26-,27+,28+,29-,33+,38-,45-/m1/s1. The maximum absolute atomic E-state index is 14.9. The van der Waals surface area contributed by atoms with E-state index in [9.17, 15) is 19.2 Å². The number of hydrogen-bond acceptors (Lipinski definition) is 14. The van der Waals surface area contributed by atoms with Crippen LogP contribution in [0.5, 0.6) is 11.5 Å². The molecule has 5 fully saturated rings. The highest BCUT2D eigenvalue weighted by Crippen LogP contribution is 2.52. The van der Waals surface area contributed by atoms with E-state index in [0.29, 0.717) is 78.3 Å².